The minimum absolute atomic E-state index is 0.335. The van der Waals surface area contributed by atoms with Crippen LogP contribution in [0.25, 0.3) is 0 Å². The van der Waals surface area contributed by atoms with Gasteiger partial charge in [0.05, 0.1) is 16.8 Å². The molecule has 1 aliphatic heterocycles. The highest BCUT2D eigenvalue weighted by Crippen LogP contribution is 2.31. The fourth-order valence-electron chi connectivity index (χ4n) is 2.68. The number of halogens is 1. The van der Waals surface area contributed by atoms with Crippen molar-refractivity contribution >= 4 is 17.3 Å². The summed E-state index contributed by atoms with van der Waals surface area (Å²) in [5, 5.41) is 0.811. The van der Waals surface area contributed by atoms with Crippen molar-refractivity contribution in [3.05, 3.63) is 28.8 Å². The minimum Gasteiger partial charge on any atom is -0.376 e. The van der Waals surface area contributed by atoms with Gasteiger partial charge in [0.2, 0.25) is 0 Å². The molecule has 1 unspecified atom stereocenters. The van der Waals surface area contributed by atoms with Crippen molar-refractivity contribution in [2.75, 3.05) is 31.1 Å². The molecule has 0 aliphatic carbocycles. The van der Waals surface area contributed by atoms with Crippen molar-refractivity contribution in [3.63, 3.8) is 0 Å². The van der Waals surface area contributed by atoms with Gasteiger partial charge in [-0.15, -0.1) is 0 Å². The molecule has 1 aliphatic rings. The monoisotopic (exact) mass is 282 g/mol. The average Bonchev–Trinajstić information content (AvgIpc) is 2.90. The van der Waals surface area contributed by atoms with Gasteiger partial charge >= 0.3 is 0 Å². The lowest BCUT2D eigenvalue weighted by Gasteiger charge is -2.29. The largest absolute Gasteiger partial charge is 0.376 e. The Morgan fingerprint density at radius 1 is 1.47 bits per heavy atom. The average molecular weight is 283 g/mol. The molecular formula is C15H23ClN2O. The van der Waals surface area contributed by atoms with Gasteiger partial charge in [-0.25, -0.2) is 0 Å². The van der Waals surface area contributed by atoms with Gasteiger partial charge < -0.3 is 15.4 Å². The molecule has 0 aromatic heterocycles. The number of rotatable bonds is 6. The lowest BCUT2D eigenvalue weighted by atomic mass is 10.1. The second-order valence-corrected chi connectivity index (χ2v) is 5.37. The third-order valence-corrected chi connectivity index (χ3v) is 3.93. The number of hydrogen-bond donors (Lipinski definition) is 1. The molecule has 0 bridgehead atoms. The van der Waals surface area contributed by atoms with E-state index in [0.29, 0.717) is 12.6 Å². The topological polar surface area (TPSA) is 38.5 Å². The molecule has 0 radical (unpaired) electrons. The summed E-state index contributed by atoms with van der Waals surface area (Å²) in [6.07, 6.45) is 3.51. The molecule has 1 heterocycles. The van der Waals surface area contributed by atoms with Gasteiger partial charge in [-0.05, 0) is 44.4 Å². The van der Waals surface area contributed by atoms with E-state index in [2.05, 4.69) is 17.9 Å². The summed E-state index contributed by atoms with van der Waals surface area (Å²) in [5.41, 5.74) is 8.06. The number of para-hydroxylation sites is 1. The number of anilines is 1. The van der Waals surface area contributed by atoms with E-state index in [1.165, 1.54) is 12.0 Å². The third-order valence-electron chi connectivity index (χ3n) is 3.63. The summed E-state index contributed by atoms with van der Waals surface area (Å²) in [6.45, 7) is 5.54. The SMILES string of the molecule is CCN(CC1CCCO1)c1c(Cl)cccc1CCN. The van der Waals surface area contributed by atoms with Crippen molar-refractivity contribution in [1.82, 2.24) is 0 Å². The van der Waals surface area contributed by atoms with Crippen LogP contribution in [0, 0.1) is 0 Å². The Bertz CT molecular complexity index is 405. The molecule has 2 N–H and O–H groups in total. The molecule has 1 fully saturated rings. The Labute approximate surface area is 120 Å². The lowest BCUT2D eigenvalue weighted by Crippen LogP contribution is -2.33. The van der Waals surface area contributed by atoms with E-state index in [1.807, 2.05) is 12.1 Å². The molecule has 106 valence electrons. The number of hydrogen-bond acceptors (Lipinski definition) is 3. The highest BCUT2D eigenvalue weighted by atomic mass is 35.5. The second-order valence-electron chi connectivity index (χ2n) is 4.96. The van der Waals surface area contributed by atoms with Crippen LogP contribution < -0.4 is 10.6 Å². The van der Waals surface area contributed by atoms with E-state index in [4.69, 9.17) is 22.1 Å². The lowest BCUT2D eigenvalue weighted by molar-refractivity contribution is 0.115. The summed E-state index contributed by atoms with van der Waals surface area (Å²) in [5.74, 6) is 0. The van der Waals surface area contributed by atoms with Crippen LogP contribution in [0.5, 0.6) is 0 Å². The van der Waals surface area contributed by atoms with E-state index in [1.54, 1.807) is 0 Å². The van der Waals surface area contributed by atoms with Crippen LogP contribution in [0.1, 0.15) is 25.3 Å². The van der Waals surface area contributed by atoms with Crippen LogP contribution >= 0.6 is 11.6 Å². The highest BCUT2D eigenvalue weighted by Gasteiger charge is 2.21. The first kappa shape index (κ1) is 14.6. The number of likely N-dealkylation sites (N-methyl/N-ethyl adjacent to an activating group) is 1. The number of nitrogens with two attached hydrogens (primary N) is 1. The van der Waals surface area contributed by atoms with Crippen LogP contribution in [0.4, 0.5) is 5.69 Å². The Hall–Kier alpha value is -0.770. The normalized spacial score (nSPS) is 18.8. The molecule has 1 aromatic rings. The second kappa shape index (κ2) is 7.13. The van der Waals surface area contributed by atoms with E-state index >= 15 is 0 Å². The van der Waals surface area contributed by atoms with Gasteiger partial charge in [-0.2, -0.15) is 0 Å². The third kappa shape index (κ3) is 3.62. The summed E-state index contributed by atoms with van der Waals surface area (Å²) in [4.78, 5) is 2.32. The number of benzene rings is 1. The molecule has 0 amide bonds. The van der Waals surface area contributed by atoms with Gasteiger partial charge in [0.1, 0.15) is 0 Å². The molecule has 1 aromatic carbocycles. The van der Waals surface area contributed by atoms with Gasteiger partial charge in [0, 0.05) is 19.7 Å². The molecular weight excluding hydrogens is 260 g/mol. The van der Waals surface area contributed by atoms with Crippen LogP contribution in [0.2, 0.25) is 5.02 Å². The first-order valence-corrected chi connectivity index (χ1v) is 7.48. The predicted octanol–water partition coefficient (Wildman–Crippen LogP) is 2.85. The summed E-state index contributed by atoms with van der Waals surface area (Å²) in [7, 11) is 0. The smallest absolute Gasteiger partial charge is 0.0750 e. The Balaban J connectivity index is 2.20. The minimum atomic E-state index is 0.335. The molecule has 1 atom stereocenters. The fourth-order valence-corrected chi connectivity index (χ4v) is 3.00. The fraction of sp³-hybridized carbons (Fsp3) is 0.600. The maximum atomic E-state index is 6.40. The van der Waals surface area contributed by atoms with Crippen LogP contribution in [-0.2, 0) is 11.2 Å². The van der Waals surface area contributed by atoms with E-state index in [-0.39, 0.29) is 0 Å². The van der Waals surface area contributed by atoms with Gasteiger partial charge in [0.25, 0.3) is 0 Å². The van der Waals surface area contributed by atoms with Crippen molar-refractivity contribution < 1.29 is 4.74 Å². The zero-order chi connectivity index (χ0) is 13.7. The Kier molecular flexibility index (Phi) is 5.49. The molecule has 19 heavy (non-hydrogen) atoms. The van der Waals surface area contributed by atoms with Gasteiger partial charge in [-0.1, -0.05) is 23.7 Å². The summed E-state index contributed by atoms with van der Waals surface area (Å²) >= 11 is 6.40. The van der Waals surface area contributed by atoms with Gasteiger partial charge in [-0.3, -0.25) is 0 Å². The van der Waals surface area contributed by atoms with Crippen molar-refractivity contribution in [2.45, 2.75) is 32.3 Å². The predicted molar refractivity (Wildman–Crippen MR) is 81.1 cm³/mol. The van der Waals surface area contributed by atoms with E-state index in [0.717, 1.165) is 43.2 Å². The number of nitrogens with zero attached hydrogens (tertiary/aromatic N) is 1. The van der Waals surface area contributed by atoms with Crippen LogP contribution in [-0.4, -0.2) is 32.3 Å². The molecule has 4 heteroatoms. The van der Waals surface area contributed by atoms with E-state index < -0.39 is 0 Å². The Morgan fingerprint density at radius 2 is 2.32 bits per heavy atom. The maximum absolute atomic E-state index is 6.40. The number of ether oxygens (including phenoxy) is 1. The van der Waals surface area contributed by atoms with Crippen LogP contribution in [0.3, 0.4) is 0 Å². The van der Waals surface area contributed by atoms with Gasteiger partial charge in [0.15, 0.2) is 0 Å². The first-order valence-electron chi connectivity index (χ1n) is 7.10. The zero-order valence-electron chi connectivity index (χ0n) is 11.6. The maximum Gasteiger partial charge on any atom is 0.0750 e. The Morgan fingerprint density at radius 3 is 2.95 bits per heavy atom. The molecule has 2 rings (SSSR count). The highest BCUT2D eigenvalue weighted by molar-refractivity contribution is 6.33. The molecule has 3 nitrogen and oxygen atoms in total. The summed E-state index contributed by atoms with van der Waals surface area (Å²) < 4.78 is 5.74. The van der Waals surface area contributed by atoms with Crippen molar-refractivity contribution in [1.29, 1.82) is 0 Å². The molecule has 0 spiro atoms. The first-order chi connectivity index (χ1) is 9.26. The molecule has 1 saturated heterocycles. The van der Waals surface area contributed by atoms with Crippen molar-refractivity contribution in [3.8, 4) is 0 Å². The zero-order valence-corrected chi connectivity index (χ0v) is 12.3. The van der Waals surface area contributed by atoms with Crippen molar-refractivity contribution in [2.24, 2.45) is 5.73 Å². The molecule has 0 saturated carbocycles. The van der Waals surface area contributed by atoms with Crippen LogP contribution in [0.15, 0.2) is 18.2 Å². The quantitative estimate of drug-likeness (QED) is 0.872. The van der Waals surface area contributed by atoms with E-state index in [9.17, 15) is 0 Å². The summed E-state index contributed by atoms with van der Waals surface area (Å²) in [6, 6.07) is 6.07. The standard InChI is InChI=1S/C15H23ClN2O/c1-2-18(11-13-6-4-10-19-13)15-12(8-9-17)5-3-7-14(15)16/h3,5,7,13H,2,4,6,8-11,17H2,1H3.